The lowest BCUT2D eigenvalue weighted by Crippen LogP contribution is -2.35. The highest BCUT2D eigenvalue weighted by atomic mass is 35.5. The number of amides is 1. The standard InChI is InChI=1S/C24H28ClFN8O2/c1-34-22(28)20(23(35)32-15-2-3-17(26)16(25)6-15)21(33-34)12-4-13-8-24(36,9-14(13)5-12)10-29-19-7-18(27)30-11-31-19/h2-3,6-7,11-14,36H,4-5,8-10,28H2,1H3,(H,32,35)(H3,27,29,30,31). The molecule has 3 aromatic rings. The zero-order valence-corrected chi connectivity index (χ0v) is 20.5. The molecule has 5 rings (SSSR count). The van der Waals surface area contributed by atoms with Gasteiger partial charge in [0.05, 0.1) is 16.3 Å². The highest BCUT2D eigenvalue weighted by Gasteiger charge is 2.50. The van der Waals surface area contributed by atoms with Crippen molar-refractivity contribution in [3.63, 3.8) is 0 Å². The van der Waals surface area contributed by atoms with Gasteiger partial charge in [-0.05, 0) is 55.7 Å². The van der Waals surface area contributed by atoms with E-state index in [4.69, 9.17) is 23.1 Å². The summed E-state index contributed by atoms with van der Waals surface area (Å²) in [6.45, 7) is 0.367. The number of nitrogen functional groups attached to an aromatic ring is 2. The smallest absolute Gasteiger partial charge is 0.261 e. The molecule has 2 atom stereocenters. The first-order valence-electron chi connectivity index (χ1n) is 11.7. The van der Waals surface area contributed by atoms with Gasteiger partial charge in [-0.15, -0.1) is 0 Å². The van der Waals surface area contributed by atoms with E-state index in [1.807, 2.05) is 0 Å². The van der Waals surface area contributed by atoms with Gasteiger partial charge < -0.3 is 27.2 Å². The van der Waals surface area contributed by atoms with Crippen LogP contribution < -0.4 is 22.1 Å². The van der Waals surface area contributed by atoms with E-state index in [-0.39, 0.29) is 16.8 Å². The Bertz CT molecular complexity index is 1300. The fourth-order valence-electron chi connectivity index (χ4n) is 5.71. The Balaban J connectivity index is 1.27. The van der Waals surface area contributed by atoms with Gasteiger partial charge in [0.1, 0.15) is 35.2 Å². The molecule has 2 fully saturated rings. The molecule has 0 bridgehead atoms. The Labute approximate surface area is 212 Å². The van der Waals surface area contributed by atoms with Gasteiger partial charge in [0.2, 0.25) is 0 Å². The van der Waals surface area contributed by atoms with Gasteiger partial charge in [0, 0.05) is 31.3 Å². The van der Waals surface area contributed by atoms with Crippen LogP contribution in [0.5, 0.6) is 0 Å². The zero-order valence-electron chi connectivity index (χ0n) is 19.7. The van der Waals surface area contributed by atoms with Crippen molar-refractivity contribution in [2.75, 3.05) is 28.6 Å². The van der Waals surface area contributed by atoms with E-state index in [9.17, 15) is 14.3 Å². The van der Waals surface area contributed by atoms with E-state index < -0.39 is 17.3 Å². The molecule has 2 aliphatic carbocycles. The van der Waals surface area contributed by atoms with Crippen molar-refractivity contribution in [3.8, 4) is 0 Å². The fraction of sp³-hybridized carbons (Fsp3) is 0.417. The summed E-state index contributed by atoms with van der Waals surface area (Å²) in [6, 6.07) is 5.62. The Morgan fingerprint density at radius 2 is 1.97 bits per heavy atom. The summed E-state index contributed by atoms with van der Waals surface area (Å²) in [7, 11) is 1.70. The number of fused-ring (bicyclic) bond motifs is 1. The Morgan fingerprint density at radius 1 is 1.25 bits per heavy atom. The van der Waals surface area contributed by atoms with Crippen molar-refractivity contribution >= 4 is 40.6 Å². The van der Waals surface area contributed by atoms with E-state index in [1.165, 1.54) is 29.2 Å². The van der Waals surface area contributed by atoms with E-state index in [2.05, 4.69) is 25.7 Å². The van der Waals surface area contributed by atoms with Gasteiger partial charge >= 0.3 is 0 Å². The number of nitrogens with two attached hydrogens (primary N) is 2. The van der Waals surface area contributed by atoms with Gasteiger partial charge in [-0.2, -0.15) is 5.10 Å². The summed E-state index contributed by atoms with van der Waals surface area (Å²) in [5.41, 5.74) is 12.4. The Morgan fingerprint density at radius 3 is 2.64 bits per heavy atom. The molecule has 190 valence electrons. The van der Waals surface area contributed by atoms with Crippen LogP contribution in [0.3, 0.4) is 0 Å². The van der Waals surface area contributed by atoms with Gasteiger partial charge in [0.15, 0.2) is 0 Å². The number of nitrogens with one attached hydrogen (secondary N) is 2. The molecule has 2 aliphatic rings. The second-order valence-electron chi connectivity index (χ2n) is 9.85. The van der Waals surface area contributed by atoms with Crippen LogP contribution >= 0.6 is 11.6 Å². The molecule has 1 aromatic carbocycles. The predicted molar refractivity (Wildman–Crippen MR) is 135 cm³/mol. The number of aryl methyl sites for hydroxylation is 1. The third kappa shape index (κ3) is 4.68. The van der Waals surface area contributed by atoms with Crippen LogP contribution in [0.1, 0.15) is 47.7 Å². The third-order valence-corrected chi connectivity index (χ3v) is 7.61. The second-order valence-corrected chi connectivity index (χ2v) is 10.3. The molecule has 0 spiro atoms. The minimum absolute atomic E-state index is 0.0419. The average Bonchev–Trinajstić information content (AvgIpc) is 3.44. The van der Waals surface area contributed by atoms with Crippen LogP contribution in [0.2, 0.25) is 5.02 Å². The predicted octanol–water partition coefficient (Wildman–Crippen LogP) is 3.17. The molecule has 10 nitrogen and oxygen atoms in total. The van der Waals surface area contributed by atoms with Gasteiger partial charge in [-0.3, -0.25) is 9.48 Å². The maximum absolute atomic E-state index is 13.5. The molecule has 0 radical (unpaired) electrons. The number of rotatable bonds is 6. The lowest BCUT2D eigenvalue weighted by Gasteiger charge is -2.25. The summed E-state index contributed by atoms with van der Waals surface area (Å²) < 4.78 is 15.0. The summed E-state index contributed by atoms with van der Waals surface area (Å²) in [5, 5.41) is 21.6. The van der Waals surface area contributed by atoms with Gasteiger partial charge in [-0.1, -0.05) is 11.6 Å². The molecule has 2 heterocycles. The SMILES string of the molecule is Cn1nc(C2CC3CC(O)(CNc4cc(N)ncn4)CC3C2)c(C(=O)Nc2ccc(F)c(Cl)c2)c1N. The van der Waals surface area contributed by atoms with E-state index in [0.717, 1.165) is 12.8 Å². The van der Waals surface area contributed by atoms with Crippen molar-refractivity contribution in [1.29, 1.82) is 0 Å². The maximum Gasteiger partial charge on any atom is 0.261 e. The monoisotopic (exact) mass is 514 g/mol. The molecule has 2 unspecified atom stereocenters. The minimum Gasteiger partial charge on any atom is -0.388 e. The molecule has 12 heteroatoms. The number of anilines is 4. The first-order chi connectivity index (χ1) is 17.1. The van der Waals surface area contributed by atoms with Crippen LogP contribution in [0.15, 0.2) is 30.6 Å². The van der Waals surface area contributed by atoms with E-state index in [0.29, 0.717) is 59.8 Å². The molecular weight excluding hydrogens is 487 g/mol. The van der Waals surface area contributed by atoms with Crippen molar-refractivity contribution in [3.05, 3.63) is 52.7 Å². The molecule has 2 aromatic heterocycles. The Kier molecular flexibility index (Phi) is 6.21. The average molecular weight is 515 g/mol. The first kappa shape index (κ1) is 24.3. The first-order valence-corrected chi connectivity index (χ1v) is 12.1. The number of nitrogens with zero attached hydrogens (tertiary/aromatic N) is 4. The summed E-state index contributed by atoms with van der Waals surface area (Å²) >= 11 is 5.85. The number of benzene rings is 1. The molecule has 1 amide bonds. The van der Waals surface area contributed by atoms with Crippen molar-refractivity contribution < 1.29 is 14.3 Å². The quantitative estimate of drug-likeness (QED) is 0.335. The summed E-state index contributed by atoms with van der Waals surface area (Å²) in [6.07, 6.45) is 4.26. The number of aliphatic hydroxyl groups is 1. The van der Waals surface area contributed by atoms with Crippen molar-refractivity contribution in [2.45, 2.75) is 37.2 Å². The number of halogens is 2. The number of hydrogen-bond donors (Lipinski definition) is 5. The number of hydrogen-bond acceptors (Lipinski definition) is 8. The molecule has 2 saturated carbocycles. The van der Waals surface area contributed by atoms with Crippen LogP contribution in [-0.4, -0.2) is 42.9 Å². The fourth-order valence-corrected chi connectivity index (χ4v) is 5.89. The van der Waals surface area contributed by atoms with Crippen LogP contribution in [0.4, 0.5) is 27.5 Å². The molecular formula is C24H28ClFN8O2. The third-order valence-electron chi connectivity index (χ3n) is 7.32. The lowest BCUT2D eigenvalue weighted by atomic mass is 9.91. The summed E-state index contributed by atoms with van der Waals surface area (Å²) in [4.78, 5) is 21.2. The van der Waals surface area contributed by atoms with Crippen molar-refractivity contribution in [2.24, 2.45) is 18.9 Å². The number of carbonyl (C=O) groups is 1. The largest absolute Gasteiger partial charge is 0.388 e. The molecule has 0 aliphatic heterocycles. The Hall–Kier alpha value is -3.44. The normalized spacial score (nSPS) is 25.1. The second kappa shape index (κ2) is 9.21. The minimum atomic E-state index is -0.856. The maximum atomic E-state index is 13.5. The number of carbonyl (C=O) groups excluding carboxylic acids is 1. The summed E-state index contributed by atoms with van der Waals surface area (Å²) in [5.74, 6) is 0.859. The topological polar surface area (TPSA) is 157 Å². The van der Waals surface area contributed by atoms with E-state index >= 15 is 0 Å². The molecule has 0 saturated heterocycles. The zero-order chi connectivity index (χ0) is 25.6. The van der Waals surface area contributed by atoms with Crippen molar-refractivity contribution in [1.82, 2.24) is 19.7 Å². The van der Waals surface area contributed by atoms with Gasteiger partial charge in [0.25, 0.3) is 5.91 Å². The molecule has 36 heavy (non-hydrogen) atoms. The van der Waals surface area contributed by atoms with E-state index in [1.54, 1.807) is 13.1 Å². The van der Waals surface area contributed by atoms with Crippen LogP contribution in [0, 0.1) is 17.7 Å². The van der Waals surface area contributed by atoms with Crippen LogP contribution in [0.25, 0.3) is 0 Å². The number of aromatic nitrogens is 4. The highest BCUT2D eigenvalue weighted by molar-refractivity contribution is 6.31. The van der Waals surface area contributed by atoms with Crippen LogP contribution in [-0.2, 0) is 7.05 Å². The van der Waals surface area contributed by atoms with Gasteiger partial charge in [-0.25, -0.2) is 14.4 Å². The lowest BCUT2D eigenvalue weighted by molar-refractivity contribution is 0.0514. The highest BCUT2D eigenvalue weighted by Crippen LogP contribution is 2.54. The molecule has 7 N–H and O–H groups in total.